The minimum absolute atomic E-state index is 0.0867. The van der Waals surface area contributed by atoms with E-state index in [0.717, 1.165) is 27.7 Å². The Labute approximate surface area is 186 Å². The molecule has 0 bridgehead atoms. The standard InChI is InChI=1S/C25H29FN2O4/c1-4-19(25(31)32)23(30)13-18(29)9-10-22-24(16-5-7-17(26)8-6-16)20-14-27-12-11-21(20)28(22)15(2)3/h5-12,14-15,18-19,23,29-30H,4,13H2,1-3H3,(H,31,32). The van der Waals surface area contributed by atoms with E-state index in [9.17, 15) is 24.5 Å². The van der Waals surface area contributed by atoms with Crippen LogP contribution in [0.4, 0.5) is 4.39 Å². The lowest BCUT2D eigenvalue weighted by Gasteiger charge is -2.19. The Balaban J connectivity index is 2.05. The van der Waals surface area contributed by atoms with Crippen LogP contribution in [0.25, 0.3) is 28.1 Å². The van der Waals surface area contributed by atoms with Crippen LogP contribution in [0.3, 0.4) is 0 Å². The van der Waals surface area contributed by atoms with Crippen molar-refractivity contribution in [3.8, 4) is 11.1 Å². The number of aliphatic hydroxyl groups excluding tert-OH is 2. The minimum Gasteiger partial charge on any atom is -0.481 e. The van der Waals surface area contributed by atoms with Gasteiger partial charge >= 0.3 is 5.97 Å². The molecule has 2 aromatic heterocycles. The number of fused-ring (bicyclic) bond motifs is 1. The fraction of sp³-hybridized carbons (Fsp3) is 0.360. The van der Waals surface area contributed by atoms with E-state index in [2.05, 4.69) is 9.55 Å². The molecular formula is C25H29FN2O4. The summed E-state index contributed by atoms with van der Waals surface area (Å²) in [7, 11) is 0. The maximum absolute atomic E-state index is 13.5. The number of carboxylic acids is 1. The normalized spacial score (nSPS) is 14.8. The van der Waals surface area contributed by atoms with Crippen LogP contribution in [0, 0.1) is 11.7 Å². The van der Waals surface area contributed by atoms with Crippen molar-refractivity contribution >= 4 is 22.9 Å². The minimum atomic E-state index is -1.16. The molecule has 7 heteroatoms. The second-order valence-corrected chi connectivity index (χ2v) is 8.21. The van der Waals surface area contributed by atoms with Crippen LogP contribution in [0.1, 0.15) is 45.3 Å². The number of pyridine rings is 1. The van der Waals surface area contributed by atoms with E-state index in [4.69, 9.17) is 0 Å². The summed E-state index contributed by atoms with van der Waals surface area (Å²) in [6.07, 6.45) is 4.81. The number of hydrogen-bond acceptors (Lipinski definition) is 4. The van der Waals surface area contributed by atoms with Gasteiger partial charge in [-0.3, -0.25) is 9.78 Å². The summed E-state index contributed by atoms with van der Waals surface area (Å²) in [6.45, 7) is 5.78. The molecule has 32 heavy (non-hydrogen) atoms. The number of rotatable bonds is 9. The molecule has 0 radical (unpaired) electrons. The summed E-state index contributed by atoms with van der Waals surface area (Å²) in [5.74, 6) is -2.34. The number of carboxylic acid groups (broad SMARTS) is 1. The molecule has 0 fully saturated rings. The van der Waals surface area contributed by atoms with Crippen molar-refractivity contribution in [1.82, 2.24) is 9.55 Å². The van der Waals surface area contributed by atoms with E-state index >= 15 is 0 Å². The highest BCUT2D eigenvalue weighted by atomic mass is 19.1. The molecule has 3 aromatic rings. The fourth-order valence-corrected chi connectivity index (χ4v) is 4.12. The summed E-state index contributed by atoms with van der Waals surface area (Å²) in [6, 6.07) is 8.22. The van der Waals surface area contributed by atoms with E-state index < -0.39 is 24.1 Å². The van der Waals surface area contributed by atoms with Crippen LogP contribution in [0.5, 0.6) is 0 Å². The number of aliphatic hydroxyl groups is 2. The molecular weight excluding hydrogens is 411 g/mol. The van der Waals surface area contributed by atoms with Crippen molar-refractivity contribution in [2.75, 3.05) is 0 Å². The number of hydrogen-bond donors (Lipinski definition) is 3. The maximum atomic E-state index is 13.5. The second-order valence-electron chi connectivity index (χ2n) is 8.21. The summed E-state index contributed by atoms with van der Waals surface area (Å²) in [5.41, 5.74) is 3.45. The predicted molar refractivity (Wildman–Crippen MR) is 123 cm³/mol. The summed E-state index contributed by atoms with van der Waals surface area (Å²) >= 11 is 0. The van der Waals surface area contributed by atoms with Crippen molar-refractivity contribution < 1.29 is 24.5 Å². The monoisotopic (exact) mass is 440 g/mol. The fourth-order valence-electron chi connectivity index (χ4n) is 4.12. The number of carbonyl (C=O) groups is 1. The highest BCUT2D eigenvalue weighted by Crippen LogP contribution is 2.37. The smallest absolute Gasteiger partial charge is 0.309 e. The van der Waals surface area contributed by atoms with Gasteiger partial charge < -0.3 is 19.9 Å². The summed E-state index contributed by atoms with van der Waals surface area (Å²) < 4.78 is 15.7. The van der Waals surface area contributed by atoms with E-state index in [1.54, 1.807) is 43.6 Å². The van der Waals surface area contributed by atoms with Crippen molar-refractivity contribution in [2.24, 2.45) is 5.92 Å². The Hall–Kier alpha value is -3.03. The molecule has 2 heterocycles. The molecule has 1 aromatic carbocycles. The lowest BCUT2D eigenvalue weighted by atomic mass is 9.94. The Bertz CT molecular complexity index is 1110. The first-order chi connectivity index (χ1) is 15.2. The van der Waals surface area contributed by atoms with E-state index in [-0.39, 0.29) is 24.7 Å². The molecule has 0 saturated heterocycles. The van der Waals surface area contributed by atoms with Gasteiger partial charge in [0.1, 0.15) is 5.82 Å². The molecule has 3 N–H and O–H groups in total. The largest absolute Gasteiger partial charge is 0.481 e. The first kappa shape index (κ1) is 23.6. The van der Waals surface area contributed by atoms with Gasteiger partial charge in [-0.05, 0) is 50.1 Å². The first-order valence-electron chi connectivity index (χ1n) is 10.8. The Morgan fingerprint density at radius 1 is 1.19 bits per heavy atom. The number of halogens is 1. The number of benzene rings is 1. The van der Waals surface area contributed by atoms with Crippen LogP contribution in [0.2, 0.25) is 0 Å². The van der Waals surface area contributed by atoms with Gasteiger partial charge in [0.2, 0.25) is 0 Å². The molecule has 0 saturated carbocycles. The lowest BCUT2D eigenvalue weighted by Crippen LogP contribution is -2.30. The predicted octanol–water partition coefficient (Wildman–Crippen LogP) is 4.66. The zero-order valence-electron chi connectivity index (χ0n) is 18.4. The number of aliphatic carboxylic acids is 1. The molecule has 170 valence electrons. The Morgan fingerprint density at radius 3 is 2.47 bits per heavy atom. The van der Waals surface area contributed by atoms with E-state index in [1.807, 2.05) is 19.9 Å². The molecule has 3 atom stereocenters. The Kier molecular flexibility index (Phi) is 7.43. The lowest BCUT2D eigenvalue weighted by molar-refractivity contribution is -0.146. The molecule has 0 amide bonds. The first-order valence-corrected chi connectivity index (χ1v) is 10.8. The van der Waals surface area contributed by atoms with Gasteiger partial charge in [-0.15, -0.1) is 0 Å². The van der Waals surface area contributed by atoms with Crippen LogP contribution >= 0.6 is 0 Å². The topological polar surface area (TPSA) is 95.6 Å². The van der Waals surface area contributed by atoms with Crippen LogP contribution in [0.15, 0.2) is 48.8 Å². The highest BCUT2D eigenvalue weighted by Gasteiger charge is 2.26. The average molecular weight is 441 g/mol. The SMILES string of the molecule is CCC(C(=O)O)C(O)CC(O)C=Cc1c(-c2ccc(F)cc2)c2cnccc2n1C(C)C. The van der Waals surface area contributed by atoms with Crippen LogP contribution < -0.4 is 0 Å². The number of aromatic nitrogens is 2. The van der Waals surface area contributed by atoms with E-state index in [1.165, 1.54) is 12.1 Å². The quantitative estimate of drug-likeness (QED) is 0.450. The highest BCUT2D eigenvalue weighted by molar-refractivity contribution is 6.00. The van der Waals surface area contributed by atoms with Crippen LogP contribution in [-0.2, 0) is 4.79 Å². The molecule has 3 unspecified atom stereocenters. The number of nitrogens with zero attached hydrogens (tertiary/aromatic N) is 2. The van der Waals surface area contributed by atoms with Gasteiger partial charge in [0.25, 0.3) is 0 Å². The van der Waals surface area contributed by atoms with Gasteiger partial charge in [-0.25, -0.2) is 4.39 Å². The van der Waals surface area contributed by atoms with Crippen molar-refractivity contribution in [2.45, 2.75) is 51.9 Å². The molecule has 0 aliphatic rings. The van der Waals surface area contributed by atoms with Gasteiger partial charge in [0.15, 0.2) is 0 Å². The third-order valence-electron chi connectivity index (χ3n) is 5.67. The zero-order chi connectivity index (χ0) is 23.4. The third kappa shape index (κ3) is 4.89. The molecule has 6 nitrogen and oxygen atoms in total. The van der Waals surface area contributed by atoms with Gasteiger partial charge in [-0.1, -0.05) is 25.1 Å². The molecule has 0 aliphatic heterocycles. The maximum Gasteiger partial charge on any atom is 0.309 e. The molecule has 3 rings (SSSR count). The molecule has 0 aliphatic carbocycles. The summed E-state index contributed by atoms with van der Waals surface area (Å²) in [5, 5.41) is 30.9. The Morgan fingerprint density at radius 2 is 1.88 bits per heavy atom. The van der Waals surface area contributed by atoms with Gasteiger partial charge in [-0.2, -0.15) is 0 Å². The average Bonchev–Trinajstić information content (AvgIpc) is 3.07. The molecule has 0 spiro atoms. The van der Waals surface area contributed by atoms with Gasteiger partial charge in [0.05, 0.1) is 23.6 Å². The zero-order valence-corrected chi connectivity index (χ0v) is 18.4. The van der Waals surface area contributed by atoms with Gasteiger partial charge in [0, 0.05) is 41.5 Å². The van der Waals surface area contributed by atoms with Crippen molar-refractivity contribution in [3.05, 3.63) is 60.3 Å². The van der Waals surface area contributed by atoms with Crippen molar-refractivity contribution in [1.29, 1.82) is 0 Å². The van der Waals surface area contributed by atoms with Crippen molar-refractivity contribution in [3.63, 3.8) is 0 Å². The summed E-state index contributed by atoms with van der Waals surface area (Å²) in [4.78, 5) is 15.5. The second kappa shape index (κ2) is 10.1. The van der Waals surface area contributed by atoms with E-state index in [0.29, 0.717) is 0 Å². The third-order valence-corrected chi connectivity index (χ3v) is 5.67. The van der Waals surface area contributed by atoms with Crippen LogP contribution in [-0.4, -0.2) is 43.0 Å².